The summed E-state index contributed by atoms with van der Waals surface area (Å²) in [6.07, 6.45) is 0.651. The maximum absolute atomic E-state index is 12.7. The fourth-order valence-corrected chi connectivity index (χ4v) is 2.51. The van der Waals surface area contributed by atoms with Crippen LogP contribution in [0.15, 0.2) is 24.8 Å². The molecule has 3 rings (SSSR count). The predicted octanol–water partition coefficient (Wildman–Crippen LogP) is 2.02. The molecule has 0 spiro atoms. The topological polar surface area (TPSA) is 119 Å². The Morgan fingerprint density at radius 3 is 2.68 bits per heavy atom. The lowest BCUT2D eigenvalue weighted by molar-refractivity contribution is -0.141. The molecule has 0 bridgehead atoms. The molecule has 1 saturated heterocycles. The molecular weight excluding hydrogens is 383 g/mol. The molecular formula is C16H16F3N5O4. The molecule has 150 valence electrons. The summed E-state index contributed by atoms with van der Waals surface area (Å²) in [5.74, 6) is -0.973. The molecule has 0 saturated carbocycles. The highest BCUT2D eigenvalue weighted by molar-refractivity contribution is 5.84. The summed E-state index contributed by atoms with van der Waals surface area (Å²) in [5.41, 5.74) is -1.25. The maximum atomic E-state index is 12.7. The Morgan fingerprint density at radius 2 is 2.07 bits per heavy atom. The SMILES string of the molecule is O=C(O)c1cnc(OC[C@@H]2CC[C@@H](Nc3cncc(C(F)(F)F)n3)CO2)cn1. The van der Waals surface area contributed by atoms with E-state index in [1.165, 1.54) is 12.4 Å². The number of nitrogens with zero attached hydrogens (tertiary/aromatic N) is 4. The Labute approximate surface area is 157 Å². The number of rotatable bonds is 6. The van der Waals surface area contributed by atoms with Crippen LogP contribution in [0.3, 0.4) is 0 Å². The Morgan fingerprint density at radius 1 is 1.25 bits per heavy atom. The number of alkyl halides is 3. The number of carboxylic acid groups (broad SMARTS) is 1. The van der Waals surface area contributed by atoms with Crippen LogP contribution >= 0.6 is 0 Å². The van der Waals surface area contributed by atoms with Gasteiger partial charge in [0.1, 0.15) is 12.4 Å². The van der Waals surface area contributed by atoms with Gasteiger partial charge in [0.05, 0.1) is 43.5 Å². The molecule has 28 heavy (non-hydrogen) atoms. The molecule has 2 aromatic rings. The summed E-state index contributed by atoms with van der Waals surface area (Å²) in [7, 11) is 0. The molecule has 2 aromatic heterocycles. The highest BCUT2D eigenvalue weighted by Gasteiger charge is 2.33. The molecule has 9 nitrogen and oxygen atoms in total. The van der Waals surface area contributed by atoms with Gasteiger partial charge in [-0.05, 0) is 12.8 Å². The predicted molar refractivity (Wildman–Crippen MR) is 87.9 cm³/mol. The molecule has 1 aliphatic heterocycles. The first kappa shape index (κ1) is 19.7. The number of aromatic nitrogens is 4. The van der Waals surface area contributed by atoms with Crippen LogP contribution in [0.25, 0.3) is 0 Å². The summed E-state index contributed by atoms with van der Waals surface area (Å²) in [4.78, 5) is 25.3. The zero-order valence-corrected chi connectivity index (χ0v) is 14.4. The van der Waals surface area contributed by atoms with Gasteiger partial charge >= 0.3 is 12.1 Å². The largest absolute Gasteiger partial charge is 0.476 e. The first-order valence-electron chi connectivity index (χ1n) is 8.27. The standard InChI is InChI=1S/C16H16F3N5O4/c17-16(18,19)12-4-20-5-13(24-12)23-9-1-2-10(27-7-9)8-28-14-6-21-11(3-22-14)15(25)26/h3-6,9-10H,1-2,7-8H2,(H,23,24)(H,25,26)/t9-,10+/m1/s1. The quantitative estimate of drug-likeness (QED) is 0.752. The first-order valence-corrected chi connectivity index (χ1v) is 8.27. The molecule has 0 radical (unpaired) electrons. The number of carboxylic acids is 1. The van der Waals surface area contributed by atoms with Gasteiger partial charge < -0.3 is 19.9 Å². The van der Waals surface area contributed by atoms with Crippen LogP contribution < -0.4 is 10.1 Å². The number of anilines is 1. The minimum Gasteiger partial charge on any atom is -0.476 e. The van der Waals surface area contributed by atoms with Crippen molar-refractivity contribution in [1.82, 2.24) is 19.9 Å². The zero-order chi connectivity index (χ0) is 20.1. The second-order valence-electron chi connectivity index (χ2n) is 6.02. The maximum Gasteiger partial charge on any atom is 0.434 e. The lowest BCUT2D eigenvalue weighted by Crippen LogP contribution is -2.37. The summed E-state index contributed by atoms with van der Waals surface area (Å²) in [5, 5.41) is 11.6. The summed E-state index contributed by atoms with van der Waals surface area (Å²) >= 11 is 0. The average Bonchev–Trinajstić information content (AvgIpc) is 2.67. The minimum atomic E-state index is -4.55. The molecule has 12 heteroatoms. The monoisotopic (exact) mass is 399 g/mol. The van der Waals surface area contributed by atoms with Crippen molar-refractivity contribution in [3.63, 3.8) is 0 Å². The van der Waals surface area contributed by atoms with Crippen molar-refractivity contribution < 1.29 is 32.5 Å². The zero-order valence-electron chi connectivity index (χ0n) is 14.4. The fourth-order valence-electron chi connectivity index (χ4n) is 2.51. The molecule has 0 amide bonds. The molecule has 0 aliphatic carbocycles. The highest BCUT2D eigenvalue weighted by atomic mass is 19.4. The van der Waals surface area contributed by atoms with Gasteiger partial charge in [0, 0.05) is 0 Å². The average molecular weight is 399 g/mol. The van der Waals surface area contributed by atoms with Crippen LogP contribution in [0.4, 0.5) is 19.0 Å². The molecule has 1 aliphatic rings. The van der Waals surface area contributed by atoms with Crippen LogP contribution in [0.2, 0.25) is 0 Å². The number of carbonyl (C=O) groups is 1. The Kier molecular flexibility index (Phi) is 5.87. The molecule has 3 heterocycles. The van der Waals surface area contributed by atoms with E-state index in [1.54, 1.807) is 0 Å². The van der Waals surface area contributed by atoms with Gasteiger partial charge in [-0.2, -0.15) is 13.2 Å². The van der Waals surface area contributed by atoms with E-state index in [4.69, 9.17) is 14.6 Å². The second-order valence-corrected chi connectivity index (χ2v) is 6.02. The van der Waals surface area contributed by atoms with E-state index in [0.717, 1.165) is 6.20 Å². The van der Waals surface area contributed by atoms with Gasteiger partial charge in [-0.25, -0.2) is 19.7 Å². The van der Waals surface area contributed by atoms with E-state index >= 15 is 0 Å². The molecule has 1 fully saturated rings. The Hall–Kier alpha value is -3.02. The first-order chi connectivity index (χ1) is 13.3. The van der Waals surface area contributed by atoms with E-state index < -0.39 is 17.8 Å². The fraction of sp³-hybridized carbons (Fsp3) is 0.438. The van der Waals surface area contributed by atoms with Crippen molar-refractivity contribution in [2.45, 2.75) is 31.2 Å². The van der Waals surface area contributed by atoms with Gasteiger partial charge in [-0.1, -0.05) is 0 Å². The summed E-state index contributed by atoms with van der Waals surface area (Å²) in [6, 6.07) is -0.205. The van der Waals surface area contributed by atoms with Crippen molar-refractivity contribution in [2.75, 3.05) is 18.5 Å². The Bertz CT molecular complexity index is 811. The van der Waals surface area contributed by atoms with E-state index in [0.29, 0.717) is 19.0 Å². The summed E-state index contributed by atoms with van der Waals surface area (Å²) in [6.45, 7) is 0.451. The second kappa shape index (κ2) is 8.33. The van der Waals surface area contributed by atoms with Crippen LogP contribution in [0, 0.1) is 0 Å². The van der Waals surface area contributed by atoms with E-state index in [2.05, 4.69) is 25.3 Å². The van der Waals surface area contributed by atoms with Crippen LogP contribution in [-0.4, -0.2) is 56.4 Å². The van der Waals surface area contributed by atoms with E-state index in [1.807, 2.05) is 0 Å². The Balaban J connectivity index is 1.45. The number of halogens is 3. The smallest absolute Gasteiger partial charge is 0.434 e. The van der Waals surface area contributed by atoms with Crippen LogP contribution in [0.5, 0.6) is 5.88 Å². The molecule has 2 N–H and O–H groups in total. The lowest BCUT2D eigenvalue weighted by atomic mass is 10.1. The van der Waals surface area contributed by atoms with Crippen LogP contribution in [-0.2, 0) is 10.9 Å². The van der Waals surface area contributed by atoms with Gasteiger partial charge in [-0.15, -0.1) is 0 Å². The minimum absolute atomic E-state index is 0.0342. The third kappa shape index (κ3) is 5.25. The number of hydrogen-bond acceptors (Lipinski definition) is 8. The van der Waals surface area contributed by atoms with Crippen LogP contribution in [0.1, 0.15) is 29.0 Å². The van der Waals surface area contributed by atoms with Crippen molar-refractivity contribution in [1.29, 1.82) is 0 Å². The number of hydrogen-bond donors (Lipinski definition) is 2. The van der Waals surface area contributed by atoms with Crippen molar-refractivity contribution >= 4 is 11.8 Å². The third-order valence-electron chi connectivity index (χ3n) is 3.91. The van der Waals surface area contributed by atoms with Gasteiger partial charge in [-0.3, -0.25) is 4.98 Å². The van der Waals surface area contributed by atoms with Crippen molar-refractivity contribution in [3.8, 4) is 5.88 Å². The van der Waals surface area contributed by atoms with E-state index in [9.17, 15) is 18.0 Å². The van der Waals surface area contributed by atoms with Gasteiger partial charge in [0.2, 0.25) is 5.88 Å². The van der Waals surface area contributed by atoms with Gasteiger partial charge in [0.15, 0.2) is 11.4 Å². The molecule has 0 unspecified atom stereocenters. The number of aromatic carboxylic acids is 1. The normalized spacial score (nSPS) is 19.8. The third-order valence-corrected chi connectivity index (χ3v) is 3.91. The van der Waals surface area contributed by atoms with Crippen molar-refractivity contribution in [2.24, 2.45) is 0 Å². The summed E-state index contributed by atoms with van der Waals surface area (Å²) < 4.78 is 49.1. The lowest BCUT2D eigenvalue weighted by Gasteiger charge is -2.29. The van der Waals surface area contributed by atoms with Gasteiger partial charge in [0.25, 0.3) is 0 Å². The molecule has 2 atom stereocenters. The van der Waals surface area contributed by atoms with Crippen molar-refractivity contribution in [3.05, 3.63) is 36.2 Å². The molecule has 0 aromatic carbocycles. The number of nitrogens with one attached hydrogen (secondary N) is 1. The highest BCUT2D eigenvalue weighted by Crippen LogP contribution is 2.28. The number of ether oxygens (including phenoxy) is 2. The van der Waals surface area contributed by atoms with E-state index in [-0.39, 0.29) is 42.8 Å².